The average Bonchev–Trinajstić information content (AvgIpc) is 3.38. The molecule has 0 fully saturated rings. The van der Waals surface area contributed by atoms with Crippen molar-refractivity contribution in [1.82, 2.24) is 9.55 Å². The van der Waals surface area contributed by atoms with Crippen LogP contribution in [0.3, 0.4) is 0 Å². The Morgan fingerprint density at radius 2 is 1.60 bits per heavy atom. The summed E-state index contributed by atoms with van der Waals surface area (Å²) in [6.07, 6.45) is 1.14. The molecule has 30 heavy (non-hydrogen) atoms. The van der Waals surface area contributed by atoms with Gasteiger partial charge in [0, 0.05) is 36.4 Å². The van der Waals surface area contributed by atoms with Crippen molar-refractivity contribution < 1.29 is 12.6 Å². The Morgan fingerprint density at radius 1 is 0.800 bits per heavy atom. The van der Waals surface area contributed by atoms with Crippen molar-refractivity contribution in [3.63, 3.8) is 0 Å². The van der Waals surface area contributed by atoms with Crippen LogP contribution in [0.25, 0.3) is 49.9 Å². The molecule has 0 atom stereocenters. The molecule has 0 aliphatic heterocycles. The number of benzene rings is 3. The predicted molar refractivity (Wildman–Crippen MR) is 123 cm³/mol. The fourth-order valence-electron chi connectivity index (χ4n) is 4.14. The Hall–Kier alpha value is -3.85. The first kappa shape index (κ1) is 12.0. The van der Waals surface area contributed by atoms with Gasteiger partial charge < -0.3 is 8.98 Å². The highest BCUT2D eigenvalue weighted by Gasteiger charge is 2.21. The molecular weight excluding hydrogens is 368 g/mol. The Morgan fingerprint density at radius 3 is 2.47 bits per heavy atom. The lowest BCUT2D eigenvalue weighted by atomic mass is 10.0. The second-order valence-corrected chi connectivity index (χ2v) is 7.27. The minimum atomic E-state index is -2.61. The topological polar surface area (TPSA) is 31.0 Å². The molecule has 0 unspecified atom stereocenters. The monoisotopic (exact) mass is 394 g/mol. The van der Waals surface area contributed by atoms with Crippen LogP contribution in [0.15, 0.2) is 89.5 Å². The van der Waals surface area contributed by atoms with E-state index >= 15 is 0 Å². The van der Waals surface area contributed by atoms with E-state index in [1.807, 2.05) is 66.7 Å². The molecule has 144 valence electrons. The Kier molecular flexibility index (Phi) is 2.53. The molecule has 3 heteroatoms. The van der Waals surface area contributed by atoms with E-state index in [4.69, 9.17) is 12.6 Å². The Balaban J connectivity index is 1.67. The number of rotatable bonds is 2. The first-order valence-electron chi connectivity index (χ1n) is 12.7. The van der Waals surface area contributed by atoms with Gasteiger partial charge in [0.25, 0.3) is 0 Å². The van der Waals surface area contributed by atoms with Crippen LogP contribution in [-0.4, -0.2) is 9.55 Å². The summed E-state index contributed by atoms with van der Waals surface area (Å²) in [4.78, 5) is 4.36. The third-order valence-corrected chi connectivity index (χ3v) is 5.50. The number of hydrogen-bond acceptors (Lipinski definition) is 2. The van der Waals surface area contributed by atoms with E-state index in [0.29, 0.717) is 22.4 Å². The minimum absolute atomic E-state index is 0.236. The van der Waals surface area contributed by atoms with Crippen LogP contribution in [0.2, 0.25) is 0 Å². The van der Waals surface area contributed by atoms with Gasteiger partial charge in [-0.3, -0.25) is 4.98 Å². The maximum atomic E-state index is 7.92. The summed E-state index contributed by atoms with van der Waals surface area (Å²) >= 11 is 0. The van der Waals surface area contributed by atoms with Crippen LogP contribution < -0.4 is 0 Å². The molecule has 3 aromatic carbocycles. The summed E-state index contributed by atoms with van der Waals surface area (Å²) in [5, 5.41) is 1.80. The molecule has 3 heterocycles. The Labute approximate surface area is 182 Å². The molecule has 0 spiro atoms. The van der Waals surface area contributed by atoms with Crippen LogP contribution in [0.4, 0.5) is 0 Å². The van der Waals surface area contributed by atoms with Crippen molar-refractivity contribution in [2.24, 2.45) is 0 Å². The molecule has 6 aromatic rings. The second kappa shape index (κ2) is 6.33. The molecule has 3 aromatic heterocycles. The summed E-state index contributed by atoms with van der Waals surface area (Å²) in [6.45, 7) is -5.20. The smallest absolute Gasteiger partial charge is 0.161 e. The highest BCUT2D eigenvalue weighted by molar-refractivity contribution is 6.18. The van der Waals surface area contributed by atoms with E-state index in [1.165, 1.54) is 6.07 Å². The van der Waals surface area contributed by atoms with Crippen LogP contribution >= 0.6 is 0 Å². The van der Waals surface area contributed by atoms with Crippen molar-refractivity contribution in [3.05, 3.63) is 96.2 Å². The lowest BCUT2D eigenvalue weighted by Crippen LogP contribution is -1.93. The van der Waals surface area contributed by atoms with Gasteiger partial charge in [-0.1, -0.05) is 36.4 Å². The van der Waals surface area contributed by atoms with Gasteiger partial charge in [0.2, 0.25) is 0 Å². The quantitative estimate of drug-likeness (QED) is 0.311. The number of aryl methyl sites for hydroxylation is 2. The standard InChI is InChI=1S/C27H20N2O/c1-17-15-23(28-16-18(17)2)20-12-8-13-22-25-27(30-26(20)22)21-11-6-7-14-24(21)29(25)19-9-4-3-5-10-19/h3-16H,1-2H3/i1D3,2D3. The number of fused-ring (bicyclic) bond motifs is 5. The maximum absolute atomic E-state index is 7.92. The first-order chi connectivity index (χ1) is 17.1. The van der Waals surface area contributed by atoms with Gasteiger partial charge >= 0.3 is 0 Å². The van der Waals surface area contributed by atoms with Gasteiger partial charge in [0.15, 0.2) is 5.58 Å². The highest BCUT2D eigenvalue weighted by atomic mass is 16.3. The van der Waals surface area contributed by atoms with Crippen molar-refractivity contribution in [1.29, 1.82) is 0 Å². The van der Waals surface area contributed by atoms with E-state index in [9.17, 15) is 0 Å². The molecule has 3 nitrogen and oxygen atoms in total. The molecule has 0 aliphatic rings. The van der Waals surface area contributed by atoms with Crippen LogP contribution in [0, 0.1) is 13.7 Å². The number of hydrogen-bond donors (Lipinski definition) is 0. The zero-order valence-electron chi connectivity index (χ0n) is 21.9. The fraction of sp³-hybridized carbons (Fsp3) is 0.0741. The maximum Gasteiger partial charge on any atom is 0.161 e. The molecule has 0 saturated heterocycles. The molecule has 6 rings (SSSR count). The van der Waals surface area contributed by atoms with Crippen LogP contribution in [0.1, 0.15) is 19.4 Å². The van der Waals surface area contributed by atoms with Crippen molar-refractivity contribution >= 4 is 33.0 Å². The summed E-state index contributed by atoms with van der Waals surface area (Å²) < 4.78 is 55.6. The predicted octanol–water partition coefficient (Wildman–Crippen LogP) is 7.21. The van der Waals surface area contributed by atoms with Gasteiger partial charge in [-0.2, -0.15) is 0 Å². The molecule has 0 N–H and O–H groups in total. The zero-order chi connectivity index (χ0) is 25.2. The van der Waals surface area contributed by atoms with Crippen molar-refractivity contribution in [2.45, 2.75) is 13.7 Å². The minimum Gasteiger partial charge on any atom is -0.453 e. The summed E-state index contributed by atoms with van der Waals surface area (Å²) in [6, 6.07) is 25.0. The largest absolute Gasteiger partial charge is 0.453 e. The van der Waals surface area contributed by atoms with Gasteiger partial charge in [-0.15, -0.1) is 0 Å². The van der Waals surface area contributed by atoms with Crippen LogP contribution in [-0.2, 0) is 0 Å². The number of nitrogens with zero attached hydrogens (tertiary/aromatic N) is 2. The SMILES string of the molecule is [2H]C([2H])([2H])c1cnc(-c2cccc3c2oc2c4ccccc4n(-c4ccccc4)c32)cc1C([2H])([2H])[2H]. The molecule has 0 saturated carbocycles. The number of para-hydroxylation sites is 3. The van der Waals surface area contributed by atoms with Gasteiger partial charge in [0.1, 0.15) is 11.1 Å². The summed E-state index contributed by atoms with van der Waals surface area (Å²) in [5.74, 6) is 0. The summed E-state index contributed by atoms with van der Waals surface area (Å²) in [7, 11) is 0. The molecule has 0 amide bonds. The lowest BCUT2D eigenvalue weighted by molar-refractivity contribution is 0.673. The van der Waals surface area contributed by atoms with E-state index in [2.05, 4.69) is 9.55 Å². The average molecular weight is 395 g/mol. The van der Waals surface area contributed by atoms with Gasteiger partial charge in [-0.05, 0) is 67.3 Å². The van der Waals surface area contributed by atoms with Crippen molar-refractivity contribution in [3.8, 4) is 16.9 Å². The third kappa shape index (κ3) is 2.35. The fourth-order valence-corrected chi connectivity index (χ4v) is 4.14. The highest BCUT2D eigenvalue weighted by Crippen LogP contribution is 2.41. The van der Waals surface area contributed by atoms with Crippen molar-refractivity contribution in [2.75, 3.05) is 0 Å². The van der Waals surface area contributed by atoms with Gasteiger partial charge in [0.05, 0.1) is 11.2 Å². The number of aromatic nitrogens is 2. The van der Waals surface area contributed by atoms with Crippen LogP contribution in [0.5, 0.6) is 0 Å². The lowest BCUT2D eigenvalue weighted by Gasteiger charge is -2.08. The van der Waals surface area contributed by atoms with E-state index in [1.54, 1.807) is 6.07 Å². The normalized spacial score (nSPS) is 15.5. The zero-order valence-corrected chi connectivity index (χ0v) is 15.9. The molecule has 0 radical (unpaired) electrons. The third-order valence-electron chi connectivity index (χ3n) is 5.50. The van der Waals surface area contributed by atoms with Gasteiger partial charge in [-0.25, -0.2) is 0 Å². The number of pyridine rings is 1. The first-order valence-corrected chi connectivity index (χ1v) is 9.66. The van der Waals surface area contributed by atoms with E-state index < -0.39 is 13.7 Å². The molecule has 0 aliphatic carbocycles. The Bertz CT molecular complexity index is 1760. The molecule has 0 bridgehead atoms. The van der Waals surface area contributed by atoms with E-state index in [-0.39, 0.29) is 11.1 Å². The molecular formula is C27H20N2O. The number of furan rings is 1. The van der Waals surface area contributed by atoms with E-state index in [0.717, 1.165) is 33.7 Å². The summed E-state index contributed by atoms with van der Waals surface area (Å²) in [5.41, 5.74) is 4.59. The second-order valence-electron chi connectivity index (χ2n) is 7.27.